The Balaban J connectivity index is 1.32. The molecule has 0 bridgehead atoms. The second kappa shape index (κ2) is 8.58. The Morgan fingerprint density at radius 2 is 1.72 bits per heavy atom. The van der Waals surface area contributed by atoms with Gasteiger partial charge < -0.3 is 15.5 Å². The van der Waals surface area contributed by atoms with Crippen LogP contribution in [0.5, 0.6) is 0 Å². The number of carbonyl (C=O) groups excluding carboxylic acids is 1. The van der Waals surface area contributed by atoms with Gasteiger partial charge in [0.15, 0.2) is 0 Å². The largest absolute Gasteiger partial charge is 0.338 e. The Kier molecular flexibility index (Phi) is 6.09. The monoisotopic (exact) mass is 455 g/mol. The summed E-state index contributed by atoms with van der Waals surface area (Å²) in [7, 11) is 0. The van der Waals surface area contributed by atoms with Crippen molar-refractivity contribution >= 4 is 21.8 Å². The number of likely N-dealkylation sites (tertiary alicyclic amines) is 2. The van der Waals surface area contributed by atoms with Gasteiger partial charge in [-0.05, 0) is 61.4 Å². The van der Waals surface area contributed by atoms with Crippen molar-refractivity contribution in [3.8, 4) is 0 Å². The molecule has 2 aliphatic rings. The van der Waals surface area contributed by atoms with E-state index in [4.69, 9.17) is 5.73 Å². The van der Waals surface area contributed by atoms with Gasteiger partial charge in [0, 0.05) is 42.3 Å². The van der Waals surface area contributed by atoms with Crippen molar-refractivity contribution in [2.75, 3.05) is 32.7 Å². The summed E-state index contributed by atoms with van der Waals surface area (Å²) in [6.45, 7) is 8.98. The topological polar surface area (TPSA) is 49.6 Å². The maximum Gasteiger partial charge on any atom is 0.254 e. The van der Waals surface area contributed by atoms with Crippen LogP contribution in [-0.4, -0.2) is 48.4 Å². The molecular formula is C24H30BrN3O. The second-order valence-corrected chi connectivity index (χ2v) is 9.51. The minimum absolute atomic E-state index is 0.0946. The molecule has 0 spiro atoms. The van der Waals surface area contributed by atoms with Gasteiger partial charge in [-0.1, -0.05) is 52.3 Å². The number of nitrogens with two attached hydrogens (primary N) is 1. The van der Waals surface area contributed by atoms with Crippen LogP contribution in [0.15, 0.2) is 46.9 Å². The molecule has 0 aliphatic carbocycles. The number of amides is 1. The molecule has 0 aromatic heterocycles. The molecule has 3 atom stereocenters. The number of carbonyl (C=O) groups is 1. The fraction of sp³-hybridized carbons (Fsp3) is 0.458. The molecule has 2 aromatic rings. The molecule has 2 heterocycles. The number of hydrogen-bond acceptors (Lipinski definition) is 3. The van der Waals surface area contributed by atoms with Gasteiger partial charge in [-0.25, -0.2) is 0 Å². The minimum Gasteiger partial charge on any atom is -0.338 e. The second-order valence-electron chi connectivity index (χ2n) is 8.66. The maximum absolute atomic E-state index is 13.2. The Labute approximate surface area is 182 Å². The molecule has 2 aliphatic heterocycles. The molecule has 1 amide bonds. The van der Waals surface area contributed by atoms with Crippen LogP contribution in [0.3, 0.4) is 0 Å². The zero-order valence-electron chi connectivity index (χ0n) is 17.3. The number of halogens is 1. The first-order chi connectivity index (χ1) is 13.9. The predicted octanol–water partition coefficient (Wildman–Crippen LogP) is 4.16. The highest BCUT2D eigenvalue weighted by Crippen LogP contribution is 2.33. The van der Waals surface area contributed by atoms with E-state index in [1.54, 1.807) is 0 Å². The van der Waals surface area contributed by atoms with Gasteiger partial charge in [0.1, 0.15) is 0 Å². The van der Waals surface area contributed by atoms with E-state index in [1.165, 1.54) is 5.56 Å². The third-order valence-electron chi connectivity index (χ3n) is 6.65. The molecule has 2 fully saturated rings. The molecule has 2 aromatic carbocycles. The van der Waals surface area contributed by atoms with Crippen molar-refractivity contribution < 1.29 is 4.79 Å². The van der Waals surface area contributed by atoms with Crippen molar-refractivity contribution in [2.45, 2.75) is 26.3 Å². The van der Waals surface area contributed by atoms with Crippen LogP contribution >= 0.6 is 15.9 Å². The number of rotatable bonds is 5. The van der Waals surface area contributed by atoms with Crippen LogP contribution < -0.4 is 5.73 Å². The smallest absolute Gasteiger partial charge is 0.254 e. The highest BCUT2D eigenvalue weighted by molar-refractivity contribution is 9.10. The lowest BCUT2D eigenvalue weighted by Crippen LogP contribution is -2.34. The van der Waals surface area contributed by atoms with E-state index in [-0.39, 0.29) is 11.9 Å². The zero-order chi connectivity index (χ0) is 20.5. The third kappa shape index (κ3) is 4.27. The zero-order valence-corrected chi connectivity index (χ0v) is 18.9. The predicted molar refractivity (Wildman–Crippen MR) is 121 cm³/mol. The average Bonchev–Trinajstić information content (AvgIpc) is 3.28. The van der Waals surface area contributed by atoms with Gasteiger partial charge in [0.25, 0.3) is 5.91 Å². The average molecular weight is 456 g/mol. The first-order valence-corrected chi connectivity index (χ1v) is 11.3. The molecule has 0 saturated carbocycles. The fourth-order valence-electron chi connectivity index (χ4n) is 4.94. The number of hydrogen-bond donors (Lipinski definition) is 1. The van der Waals surface area contributed by atoms with Crippen molar-refractivity contribution in [3.05, 3.63) is 69.2 Å². The molecule has 0 radical (unpaired) electrons. The summed E-state index contributed by atoms with van der Waals surface area (Å²) in [5.41, 5.74) is 10.6. The van der Waals surface area contributed by atoms with Gasteiger partial charge in [-0.2, -0.15) is 0 Å². The quantitative estimate of drug-likeness (QED) is 0.735. The van der Waals surface area contributed by atoms with Crippen molar-refractivity contribution in [2.24, 2.45) is 17.6 Å². The Hall–Kier alpha value is -1.69. The molecule has 5 heteroatoms. The van der Waals surface area contributed by atoms with Crippen LogP contribution in [0.25, 0.3) is 0 Å². The molecule has 2 saturated heterocycles. The van der Waals surface area contributed by atoms with E-state index >= 15 is 0 Å². The van der Waals surface area contributed by atoms with Gasteiger partial charge in [-0.3, -0.25) is 4.79 Å². The standard InChI is InChI=1S/C24H30BrN3O/c1-16-8-9-21(25)17(2)23(16)24(29)28-14-19-12-27(13-20(19)15-28)11-10-22(26)18-6-4-3-5-7-18/h3-9,19-20,22H,10-15,26H2,1-2H3/t19?,20?,22-/m0/s1. The first kappa shape index (κ1) is 20.6. The van der Waals surface area contributed by atoms with E-state index in [0.29, 0.717) is 11.8 Å². The van der Waals surface area contributed by atoms with Crippen molar-refractivity contribution in [1.82, 2.24) is 9.80 Å². The molecule has 2 N–H and O–H groups in total. The van der Waals surface area contributed by atoms with E-state index < -0.39 is 0 Å². The van der Waals surface area contributed by atoms with Crippen molar-refractivity contribution in [3.63, 3.8) is 0 Å². The summed E-state index contributed by atoms with van der Waals surface area (Å²) in [6, 6.07) is 14.5. The Morgan fingerprint density at radius 3 is 2.38 bits per heavy atom. The molecular weight excluding hydrogens is 426 g/mol. The van der Waals surface area contributed by atoms with Crippen LogP contribution in [0.4, 0.5) is 0 Å². The number of nitrogens with zero attached hydrogens (tertiary/aromatic N) is 2. The molecule has 154 valence electrons. The van der Waals surface area contributed by atoms with E-state index in [2.05, 4.69) is 50.0 Å². The van der Waals surface area contributed by atoms with E-state index in [1.807, 2.05) is 32.0 Å². The van der Waals surface area contributed by atoms with Gasteiger partial charge in [0.05, 0.1) is 0 Å². The fourth-order valence-corrected chi connectivity index (χ4v) is 5.27. The van der Waals surface area contributed by atoms with Crippen LogP contribution in [0.1, 0.15) is 39.5 Å². The Morgan fingerprint density at radius 1 is 1.07 bits per heavy atom. The van der Waals surface area contributed by atoms with Crippen LogP contribution in [-0.2, 0) is 0 Å². The number of benzene rings is 2. The maximum atomic E-state index is 13.2. The van der Waals surface area contributed by atoms with Crippen LogP contribution in [0.2, 0.25) is 0 Å². The van der Waals surface area contributed by atoms with Gasteiger partial charge in [0.2, 0.25) is 0 Å². The lowest BCUT2D eigenvalue weighted by atomic mass is 10.0. The summed E-state index contributed by atoms with van der Waals surface area (Å²) in [5.74, 6) is 1.35. The SMILES string of the molecule is Cc1ccc(Br)c(C)c1C(=O)N1CC2CN(CC[C@H](N)c3ccccc3)CC2C1. The summed E-state index contributed by atoms with van der Waals surface area (Å²) in [6.07, 6.45) is 0.975. The molecule has 4 nitrogen and oxygen atoms in total. The number of aryl methyl sites for hydroxylation is 1. The summed E-state index contributed by atoms with van der Waals surface area (Å²) >= 11 is 3.57. The highest BCUT2D eigenvalue weighted by atomic mass is 79.9. The van der Waals surface area contributed by atoms with Gasteiger partial charge in [-0.15, -0.1) is 0 Å². The van der Waals surface area contributed by atoms with Crippen molar-refractivity contribution in [1.29, 1.82) is 0 Å². The van der Waals surface area contributed by atoms with E-state index in [0.717, 1.165) is 60.3 Å². The lowest BCUT2D eigenvalue weighted by molar-refractivity contribution is 0.0772. The minimum atomic E-state index is 0.0946. The van der Waals surface area contributed by atoms with Gasteiger partial charge >= 0.3 is 0 Å². The Bertz CT molecular complexity index is 871. The summed E-state index contributed by atoms with van der Waals surface area (Å²) < 4.78 is 1.01. The van der Waals surface area contributed by atoms with Crippen LogP contribution in [0, 0.1) is 25.7 Å². The highest BCUT2D eigenvalue weighted by Gasteiger charge is 2.42. The summed E-state index contributed by atoms with van der Waals surface area (Å²) in [5, 5.41) is 0. The first-order valence-electron chi connectivity index (χ1n) is 10.5. The molecule has 29 heavy (non-hydrogen) atoms. The summed E-state index contributed by atoms with van der Waals surface area (Å²) in [4.78, 5) is 17.8. The normalized spacial score (nSPS) is 22.7. The lowest BCUT2D eigenvalue weighted by Gasteiger charge is -2.24. The molecule has 4 rings (SSSR count). The van der Waals surface area contributed by atoms with E-state index in [9.17, 15) is 4.79 Å². The third-order valence-corrected chi connectivity index (χ3v) is 7.51. The molecule has 2 unspecified atom stereocenters. The number of fused-ring (bicyclic) bond motifs is 1.